The largest absolute Gasteiger partial charge is 0.459 e. The van der Waals surface area contributed by atoms with Crippen molar-refractivity contribution in [2.75, 3.05) is 6.61 Å². The third kappa shape index (κ3) is 12.6. The molecule has 3 unspecified atom stereocenters. The Morgan fingerprint density at radius 1 is 0.758 bits per heavy atom. The van der Waals surface area contributed by atoms with Crippen LogP contribution in [0.25, 0.3) is 0 Å². The average Bonchev–Trinajstić information content (AvgIpc) is 2.81. The van der Waals surface area contributed by atoms with Crippen molar-refractivity contribution in [1.29, 1.82) is 0 Å². The number of rotatable bonds is 21. The predicted molar refractivity (Wildman–Crippen MR) is 144 cm³/mol. The predicted octanol–water partition coefficient (Wildman–Crippen LogP) is 9.51. The van der Waals surface area contributed by atoms with Gasteiger partial charge in [0, 0.05) is 12.8 Å². The van der Waals surface area contributed by atoms with Crippen LogP contribution in [-0.2, 0) is 14.3 Å². The van der Waals surface area contributed by atoms with Crippen LogP contribution in [0.5, 0.6) is 0 Å². The minimum Gasteiger partial charge on any atom is -0.459 e. The summed E-state index contributed by atoms with van der Waals surface area (Å²) in [5.74, 6) is 1.46. The number of hydrogen-bond donors (Lipinski definition) is 0. The van der Waals surface area contributed by atoms with Crippen molar-refractivity contribution < 1.29 is 14.3 Å². The van der Waals surface area contributed by atoms with E-state index < -0.39 is 0 Å². The second kappa shape index (κ2) is 17.8. The van der Waals surface area contributed by atoms with Gasteiger partial charge in [-0.3, -0.25) is 4.79 Å². The molecule has 0 saturated carbocycles. The molecule has 0 heterocycles. The fourth-order valence-corrected chi connectivity index (χ4v) is 5.39. The lowest BCUT2D eigenvalue weighted by molar-refractivity contribution is -0.163. The third-order valence-electron chi connectivity index (χ3n) is 8.12. The quantitative estimate of drug-likeness (QED) is 0.157. The SMILES string of the molecule is CCCCC(CC(C)CC)(CC(C)CC)CC(CC)OCCC(CC)(CC)OC(=O)CCC. The zero-order valence-electron chi connectivity index (χ0n) is 24.1. The maximum Gasteiger partial charge on any atom is 0.306 e. The summed E-state index contributed by atoms with van der Waals surface area (Å²) >= 11 is 0. The standard InChI is InChI=1S/C30H60O3/c1-10-17-19-29(22-25(8)12-3,23-26(9)13-4)24-27(14-5)32-21-20-30(15-6,16-7)33-28(31)18-11-2/h25-27H,10-24H2,1-9H3. The lowest BCUT2D eigenvalue weighted by atomic mass is 9.66. The Labute approximate surface area is 208 Å². The van der Waals surface area contributed by atoms with Gasteiger partial charge in [-0.2, -0.15) is 0 Å². The van der Waals surface area contributed by atoms with Crippen LogP contribution in [0.15, 0.2) is 0 Å². The monoisotopic (exact) mass is 468 g/mol. The number of carbonyl (C=O) groups is 1. The molecule has 0 bridgehead atoms. The van der Waals surface area contributed by atoms with Crippen LogP contribution in [0.1, 0.15) is 152 Å². The van der Waals surface area contributed by atoms with Gasteiger partial charge in [0.05, 0.1) is 12.7 Å². The Morgan fingerprint density at radius 3 is 1.76 bits per heavy atom. The summed E-state index contributed by atoms with van der Waals surface area (Å²) in [6, 6.07) is 0. The smallest absolute Gasteiger partial charge is 0.306 e. The molecular formula is C30H60O3. The van der Waals surface area contributed by atoms with Crippen LogP contribution in [0.2, 0.25) is 0 Å². The molecule has 0 fully saturated rings. The molecule has 0 N–H and O–H groups in total. The molecular weight excluding hydrogens is 408 g/mol. The van der Waals surface area contributed by atoms with Crippen LogP contribution in [0, 0.1) is 17.3 Å². The lowest BCUT2D eigenvalue weighted by Crippen LogP contribution is -2.36. The first-order chi connectivity index (χ1) is 15.7. The number of esters is 1. The summed E-state index contributed by atoms with van der Waals surface area (Å²) in [7, 11) is 0. The Kier molecular flexibility index (Phi) is 17.5. The minimum atomic E-state index is -0.378. The molecule has 3 atom stereocenters. The van der Waals surface area contributed by atoms with Crippen LogP contribution >= 0.6 is 0 Å². The molecule has 0 aromatic rings. The molecule has 0 aliphatic heterocycles. The zero-order chi connectivity index (χ0) is 25.3. The van der Waals surface area contributed by atoms with E-state index >= 15 is 0 Å². The molecule has 198 valence electrons. The van der Waals surface area contributed by atoms with Crippen molar-refractivity contribution >= 4 is 5.97 Å². The highest BCUT2D eigenvalue weighted by atomic mass is 16.6. The van der Waals surface area contributed by atoms with Gasteiger partial charge in [-0.1, -0.05) is 88.0 Å². The average molecular weight is 469 g/mol. The maximum absolute atomic E-state index is 12.2. The van der Waals surface area contributed by atoms with E-state index in [0.717, 1.165) is 43.9 Å². The fraction of sp³-hybridized carbons (Fsp3) is 0.967. The van der Waals surface area contributed by atoms with Gasteiger partial charge in [-0.05, 0) is 68.6 Å². The Bertz CT molecular complexity index is 471. The van der Waals surface area contributed by atoms with Gasteiger partial charge in [0.15, 0.2) is 0 Å². The van der Waals surface area contributed by atoms with E-state index in [9.17, 15) is 4.79 Å². The number of ether oxygens (including phenoxy) is 2. The van der Waals surface area contributed by atoms with Crippen molar-refractivity contribution in [3.8, 4) is 0 Å². The molecule has 0 radical (unpaired) electrons. The summed E-state index contributed by atoms with van der Waals surface area (Å²) < 4.78 is 12.5. The Hall–Kier alpha value is -0.570. The van der Waals surface area contributed by atoms with E-state index in [2.05, 4.69) is 55.4 Å². The molecule has 0 spiro atoms. The number of carbonyl (C=O) groups excluding carboxylic acids is 1. The molecule has 0 saturated heterocycles. The van der Waals surface area contributed by atoms with Gasteiger partial charge in [-0.15, -0.1) is 0 Å². The zero-order valence-corrected chi connectivity index (χ0v) is 24.1. The first-order valence-electron chi connectivity index (χ1n) is 14.5. The number of unbranched alkanes of at least 4 members (excludes halogenated alkanes) is 1. The Balaban J connectivity index is 5.39. The van der Waals surface area contributed by atoms with E-state index in [-0.39, 0.29) is 17.7 Å². The summed E-state index contributed by atoms with van der Waals surface area (Å²) in [6.45, 7) is 21.1. The molecule has 0 aliphatic rings. The van der Waals surface area contributed by atoms with Gasteiger partial charge in [0.1, 0.15) is 5.60 Å². The van der Waals surface area contributed by atoms with Crippen molar-refractivity contribution in [2.24, 2.45) is 17.3 Å². The second-order valence-corrected chi connectivity index (χ2v) is 11.0. The van der Waals surface area contributed by atoms with Gasteiger partial charge in [0.2, 0.25) is 0 Å². The fourth-order valence-electron chi connectivity index (χ4n) is 5.39. The van der Waals surface area contributed by atoms with Crippen molar-refractivity contribution in [3.05, 3.63) is 0 Å². The van der Waals surface area contributed by atoms with Crippen LogP contribution < -0.4 is 0 Å². The summed E-state index contributed by atoms with van der Waals surface area (Å²) in [6.07, 6.45) is 15.4. The van der Waals surface area contributed by atoms with E-state index in [1.807, 2.05) is 6.92 Å². The van der Waals surface area contributed by atoms with Crippen molar-refractivity contribution in [2.45, 2.75) is 164 Å². The highest BCUT2D eigenvalue weighted by Gasteiger charge is 2.36. The van der Waals surface area contributed by atoms with Gasteiger partial charge < -0.3 is 9.47 Å². The lowest BCUT2D eigenvalue weighted by Gasteiger charge is -2.41. The second-order valence-electron chi connectivity index (χ2n) is 11.0. The molecule has 0 rings (SSSR count). The topological polar surface area (TPSA) is 35.5 Å². The third-order valence-corrected chi connectivity index (χ3v) is 8.12. The molecule has 3 nitrogen and oxygen atoms in total. The summed E-state index contributed by atoms with van der Waals surface area (Å²) in [4.78, 5) is 12.2. The van der Waals surface area contributed by atoms with Gasteiger partial charge in [-0.25, -0.2) is 0 Å². The molecule has 3 heteroatoms. The van der Waals surface area contributed by atoms with Crippen molar-refractivity contribution in [3.63, 3.8) is 0 Å². The Morgan fingerprint density at radius 2 is 1.33 bits per heavy atom. The first-order valence-corrected chi connectivity index (χ1v) is 14.5. The molecule has 33 heavy (non-hydrogen) atoms. The summed E-state index contributed by atoms with van der Waals surface area (Å²) in [5, 5.41) is 0. The highest BCUT2D eigenvalue weighted by molar-refractivity contribution is 5.69. The number of hydrogen-bond acceptors (Lipinski definition) is 3. The first kappa shape index (κ1) is 32.4. The van der Waals surface area contributed by atoms with E-state index in [1.54, 1.807) is 0 Å². The molecule has 0 aliphatic carbocycles. The molecule has 0 amide bonds. The van der Waals surface area contributed by atoms with E-state index in [1.165, 1.54) is 51.4 Å². The van der Waals surface area contributed by atoms with Crippen LogP contribution in [0.3, 0.4) is 0 Å². The highest BCUT2D eigenvalue weighted by Crippen LogP contribution is 2.45. The summed E-state index contributed by atoms with van der Waals surface area (Å²) in [5.41, 5.74) is -0.000966. The normalized spacial score (nSPS) is 16.8. The van der Waals surface area contributed by atoms with E-state index in [4.69, 9.17) is 9.47 Å². The molecule has 0 aromatic carbocycles. The van der Waals surface area contributed by atoms with Crippen LogP contribution in [-0.4, -0.2) is 24.3 Å². The molecule has 0 aromatic heterocycles. The van der Waals surface area contributed by atoms with E-state index in [0.29, 0.717) is 18.4 Å². The van der Waals surface area contributed by atoms with Crippen LogP contribution in [0.4, 0.5) is 0 Å². The van der Waals surface area contributed by atoms with Gasteiger partial charge in [0.25, 0.3) is 0 Å². The maximum atomic E-state index is 12.2. The van der Waals surface area contributed by atoms with Crippen molar-refractivity contribution in [1.82, 2.24) is 0 Å². The van der Waals surface area contributed by atoms with Gasteiger partial charge >= 0.3 is 5.97 Å². The minimum absolute atomic E-state index is 0.0612.